The number of aryl methyl sites for hydroxylation is 1. The Kier molecular flexibility index (Phi) is 9.57. The van der Waals surface area contributed by atoms with Crippen molar-refractivity contribution < 1.29 is 9.53 Å². The number of unbranched alkanes of at least 4 members (excludes halogenated alkanes) is 3. The van der Waals surface area contributed by atoms with Crippen LogP contribution in [0.25, 0.3) is 0 Å². The first kappa shape index (κ1) is 16.7. The lowest BCUT2D eigenvalue weighted by Crippen LogP contribution is -2.17. The number of esters is 1. The Morgan fingerprint density at radius 3 is 2.70 bits per heavy atom. The quantitative estimate of drug-likeness (QED) is 0.472. The lowest BCUT2D eigenvalue weighted by Gasteiger charge is -2.05. The minimum Gasteiger partial charge on any atom is -0.466 e. The van der Waals surface area contributed by atoms with Gasteiger partial charge in [-0.2, -0.15) is 0 Å². The van der Waals surface area contributed by atoms with Crippen LogP contribution in [0.1, 0.15) is 45.4 Å². The Labute approximate surface area is 121 Å². The highest BCUT2D eigenvalue weighted by Gasteiger charge is 2.00. The van der Waals surface area contributed by atoms with Crippen LogP contribution in [0.5, 0.6) is 0 Å². The number of hydrogen-bond donors (Lipinski definition) is 1. The summed E-state index contributed by atoms with van der Waals surface area (Å²) in [6, 6.07) is 0. The predicted molar refractivity (Wildman–Crippen MR) is 79.4 cm³/mol. The molecule has 0 saturated heterocycles. The van der Waals surface area contributed by atoms with E-state index in [1.54, 1.807) is 0 Å². The van der Waals surface area contributed by atoms with Gasteiger partial charge in [-0.3, -0.25) is 4.79 Å². The maximum atomic E-state index is 11.1. The van der Waals surface area contributed by atoms with Gasteiger partial charge >= 0.3 is 5.97 Å². The third-order valence-electron chi connectivity index (χ3n) is 3.12. The summed E-state index contributed by atoms with van der Waals surface area (Å²) >= 11 is 0. The summed E-state index contributed by atoms with van der Waals surface area (Å²) in [5, 5.41) is 3.44. The fraction of sp³-hybridized carbons (Fsp3) is 0.733. The molecule has 5 nitrogen and oxygen atoms in total. The van der Waals surface area contributed by atoms with Crippen molar-refractivity contribution in [1.82, 2.24) is 14.9 Å². The van der Waals surface area contributed by atoms with Crippen molar-refractivity contribution in [2.24, 2.45) is 0 Å². The Morgan fingerprint density at radius 2 is 2.00 bits per heavy atom. The summed E-state index contributed by atoms with van der Waals surface area (Å²) in [5.74, 6) is -0.0695. The lowest BCUT2D eigenvalue weighted by atomic mass is 10.2. The lowest BCUT2D eigenvalue weighted by molar-refractivity contribution is -0.143. The van der Waals surface area contributed by atoms with E-state index in [9.17, 15) is 4.79 Å². The van der Waals surface area contributed by atoms with Gasteiger partial charge in [0.2, 0.25) is 0 Å². The van der Waals surface area contributed by atoms with Crippen LogP contribution in [0.15, 0.2) is 18.7 Å². The molecule has 0 saturated carbocycles. The van der Waals surface area contributed by atoms with Crippen molar-refractivity contribution in [3.8, 4) is 0 Å². The monoisotopic (exact) mass is 281 g/mol. The van der Waals surface area contributed by atoms with Crippen molar-refractivity contribution in [3.05, 3.63) is 18.7 Å². The molecule has 0 fully saturated rings. The van der Waals surface area contributed by atoms with Gasteiger partial charge in [0.15, 0.2) is 0 Å². The van der Waals surface area contributed by atoms with E-state index in [0.717, 1.165) is 38.9 Å². The molecule has 0 bridgehead atoms. The first-order valence-corrected chi connectivity index (χ1v) is 7.65. The van der Waals surface area contributed by atoms with Gasteiger partial charge in [0, 0.05) is 25.4 Å². The van der Waals surface area contributed by atoms with Gasteiger partial charge in [0.25, 0.3) is 0 Å². The van der Waals surface area contributed by atoms with Crippen LogP contribution in [0.3, 0.4) is 0 Å². The second-order valence-electron chi connectivity index (χ2n) is 4.87. The van der Waals surface area contributed by atoms with Crippen LogP contribution in [-0.2, 0) is 16.1 Å². The molecular weight excluding hydrogens is 254 g/mol. The molecule has 1 rings (SSSR count). The van der Waals surface area contributed by atoms with E-state index in [0.29, 0.717) is 13.0 Å². The third kappa shape index (κ3) is 8.69. The number of imidazole rings is 1. The molecule has 0 radical (unpaired) electrons. The van der Waals surface area contributed by atoms with Crippen molar-refractivity contribution in [2.45, 2.75) is 52.0 Å². The first-order valence-electron chi connectivity index (χ1n) is 7.65. The number of rotatable bonds is 12. The highest BCUT2D eigenvalue weighted by atomic mass is 16.5. The second kappa shape index (κ2) is 11.5. The van der Waals surface area contributed by atoms with Crippen molar-refractivity contribution in [2.75, 3.05) is 19.7 Å². The van der Waals surface area contributed by atoms with Gasteiger partial charge in [0.1, 0.15) is 0 Å². The number of carbonyl (C=O) groups is 1. The van der Waals surface area contributed by atoms with Crippen LogP contribution >= 0.6 is 0 Å². The molecule has 1 aromatic rings. The fourth-order valence-corrected chi connectivity index (χ4v) is 2.02. The zero-order chi connectivity index (χ0) is 14.5. The topological polar surface area (TPSA) is 56.1 Å². The molecule has 0 aliphatic carbocycles. The minimum atomic E-state index is -0.0695. The van der Waals surface area contributed by atoms with E-state index in [-0.39, 0.29) is 5.97 Å². The SMILES string of the molecule is CCOC(=O)CCCCCNCCCCn1ccnc1. The molecule has 1 heterocycles. The summed E-state index contributed by atoms with van der Waals surface area (Å²) in [6.07, 6.45) is 11.7. The number of hydrogen-bond acceptors (Lipinski definition) is 4. The third-order valence-corrected chi connectivity index (χ3v) is 3.12. The Hall–Kier alpha value is -1.36. The standard InChI is InChI=1S/C15H27N3O2/c1-2-20-15(19)8-4-3-5-9-16-10-6-7-12-18-13-11-17-14-18/h11,13-14,16H,2-10,12H2,1H3. The summed E-state index contributed by atoms with van der Waals surface area (Å²) < 4.78 is 6.99. The molecule has 5 heteroatoms. The van der Waals surface area contributed by atoms with Crippen LogP contribution in [-0.4, -0.2) is 35.2 Å². The summed E-state index contributed by atoms with van der Waals surface area (Å²) in [4.78, 5) is 15.1. The van der Waals surface area contributed by atoms with Gasteiger partial charge < -0.3 is 14.6 Å². The highest BCUT2D eigenvalue weighted by Crippen LogP contribution is 2.01. The van der Waals surface area contributed by atoms with Crippen molar-refractivity contribution >= 4 is 5.97 Å². The Bertz CT molecular complexity index is 339. The summed E-state index contributed by atoms with van der Waals surface area (Å²) in [6.45, 7) is 5.47. The smallest absolute Gasteiger partial charge is 0.305 e. The molecule has 1 N–H and O–H groups in total. The van der Waals surface area contributed by atoms with Crippen molar-refractivity contribution in [3.63, 3.8) is 0 Å². The van der Waals surface area contributed by atoms with Gasteiger partial charge in [0.05, 0.1) is 12.9 Å². The van der Waals surface area contributed by atoms with Crippen LogP contribution in [0.2, 0.25) is 0 Å². The zero-order valence-corrected chi connectivity index (χ0v) is 12.5. The molecule has 0 aromatic carbocycles. The maximum Gasteiger partial charge on any atom is 0.305 e. The molecule has 0 amide bonds. The van der Waals surface area contributed by atoms with E-state index in [2.05, 4.69) is 14.9 Å². The molecule has 20 heavy (non-hydrogen) atoms. The number of nitrogens with one attached hydrogen (secondary N) is 1. The summed E-state index contributed by atoms with van der Waals surface area (Å²) in [5.41, 5.74) is 0. The molecule has 114 valence electrons. The average Bonchev–Trinajstić information content (AvgIpc) is 2.94. The molecule has 0 unspecified atom stereocenters. The van der Waals surface area contributed by atoms with E-state index < -0.39 is 0 Å². The zero-order valence-electron chi connectivity index (χ0n) is 12.5. The number of nitrogens with zero attached hydrogens (tertiary/aromatic N) is 2. The van der Waals surface area contributed by atoms with Crippen LogP contribution in [0, 0.1) is 0 Å². The highest BCUT2D eigenvalue weighted by molar-refractivity contribution is 5.69. The van der Waals surface area contributed by atoms with Crippen LogP contribution < -0.4 is 5.32 Å². The molecule has 0 spiro atoms. The maximum absolute atomic E-state index is 11.1. The van der Waals surface area contributed by atoms with E-state index >= 15 is 0 Å². The second-order valence-corrected chi connectivity index (χ2v) is 4.87. The van der Waals surface area contributed by atoms with E-state index in [1.807, 2.05) is 25.6 Å². The fourth-order valence-electron chi connectivity index (χ4n) is 2.02. The molecule has 0 aliphatic rings. The Morgan fingerprint density at radius 1 is 1.20 bits per heavy atom. The molecule has 0 atom stereocenters. The Balaban J connectivity index is 1.77. The number of ether oxygens (including phenoxy) is 1. The average molecular weight is 281 g/mol. The van der Waals surface area contributed by atoms with Crippen molar-refractivity contribution in [1.29, 1.82) is 0 Å². The summed E-state index contributed by atoms with van der Waals surface area (Å²) in [7, 11) is 0. The van der Waals surface area contributed by atoms with E-state index in [1.165, 1.54) is 12.8 Å². The predicted octanol–water partition coefficient (Wildman–Crippen LogP) is 2.38. The minimum absolute atomic E-state index is 0.0695. The van der Waals surface area contributed by atoms with E-state index in [4.69, 9.17) is 4.74 Å². The molecule has 1 aromatic heterocycles. The van der Waals surface area contributed by atoms with Gasteiger partial charge in [-0.15, -0.1) is 0 Å². The largest absolute Gasteiger partial charge is 0.466 e. The molecule has 0 aliphatic heterocycles. The van der Waals surface area contributed by atoms with Crippen LogP contribution in [0.4, 0.5) is 0 Å². The number of aromatic nitrogens is 2. The molecular formula is C15H27N3O2. The normalized spacial score (nSPS) is 10.7. The van der Waals surface area contributed by atoms with Gasteiger partial charge in [-0.05, 0) is 45.7 Å². The number of carbonyl (C=O) groups excluding carboxylic acids is 1. The first-order chi connectivity index (χ1) is 9.83. The van der Waals surface area contributed by atoms with Gasteiger partial charge in [-0.1, -0.05) is 6.42 Å². The van der Waals surface area contributed by atoms with Gasteiger partial charge in [-0.25, -0.2) is 4.98 Å².